The van der Waals surface area contributed by atoms with Crippen LogP contribution in [0.25, 0.3) is 0 Å². The fraction of sp³-hybridized carbons (Fsp3) is 0.556. The summed E-state index contributed by atoms with van der Waals surface area (Å²) in [5.41, 5.74) is 0.427. The molecule has 164 valence electrons. The van der Waals surface area contributed by atoms with Crippen molar-refractivity contribution >= 4 is 19.5 Å². The maximum atomic E-state index is 13.0. The number of carbonyl (C=O) groups excluding carboxylic acids is 2. The molecule has 0 bridgehead atoms. The van der Waals surface area contributed by atoms with E-state index in [9.17, 15) is 24.4 Å². The van der Waals surface area contributed by atoms with Gasteiger partial charge >= 0.3 is 19.5 Å². The number of benzene rings is 1. The minimum atomic E-state index is -3.74. The Hall–Kier alpha value is -2.13. The van der Waals surface area contributed by atoms with Crippen LogP contribution in [0.15, 0.2) is 18.2 Å². The number of nitrogens with one attached hydrogen (secondary N) is 1. The zero-order valence-corrected chi connectivity index (χ0v) is 18.0. The first-order chi connectivity index (χ1) is 13.5. The van der Waals surface area contributed by atoms with Crippen LogP contribution < -0.4 is 9.61 Å². The summed E-state index contributed by atoms with van der Waals surface area (Å²) in [5.74, 6) is -1.91. The van der Waals surface area contributed by atoms with Crippen molar-refractivity contribution in [3.05, 3.63) is 23.8 Å². The second-order valence-corrected chi connectivity index (χ2v) is 8.61. The van der Waals surface area contributed by atoms with Gasteiger partial charge in [0.25, 0.3) is 0 Å². The molecular formula is C18H28NO9P. The second kappa shape index (κ2) is 11.2. The predicted molar refractivity (Wildman–Crippen MR) is 104 cm³/mol. The summed E-state index contributed by atoms with van der Waals surface area (Å²) >= 11 is 0. The van der Waals surface area contributed by atoms with Crippen molar-refractivity contribution in [2.45, 2.75) is 45.4 Å². The molecule has 11 heteroatoms. The fourth-order valence-corrected chi connectivity index (χ4v) is 4.00. The van der Waals surface area contributed by atoms with Crippen molar-refractivity contribution in [2.75, 3.05) is 20.6 Å². The summed E-state index contributed by atoms with van der Waals surface area (Å²) in [6.07, 6.45) is -2.19. The molecule has 0 amide bonds. The fourth-order valence-electron chi connectivity index (χ4n) is 2.31. The summed E-state index contributed by atoms with van der Waals surface area (Å²) in [6.45, 7) is 4.84. The highest BCUT2D eigenvalue weighted by Crippen LogP contribution is 2.46. The molecule has 1 unspecified atom stereocenters. The van der Waals surface area contributed by atoms with Crippen molar-refractivity contribution in [1.82, 2.24) is 5.09 Å². The van der Waals surface area contributed by atoms with Crippen molar-refractivity contribution in [3.8, 4) is 11.5 Å². The van der Waals surface area contributed by atoms with Gasteiger partial charge in [-0.1, -0.05) is 6.07 Å². The SMILES string of the molecule is COCP(=O)(N[C@@H](C)C(=O)OC(C)C)Oc1ccc(C[C@H](O)C(=O)OC)cc1O. The maximum Gasteiger partial charge on any atom is 0.342 e. The molecule has 3 atom stereocenters. The molecule has 0 fully saturated rings. The first kappa shape index (κ1) is 24.9. The van der Waals surface area contributed by atoms with Crippen LogP contribution in [0.1, 0.15) is 26.3 Å². The van der Waals surface area contributed by atoms with E-state index in [1.165, 1.54) is 32.2 Å². The van der Waals surface area contributed by atoms with Gasteiger partial charge in [0.05, 0.1) is 13.2 Å². The number of carbonyl (C=O) groups is 2. The summed E-state index contributed by atoms with van der Waals surface area (Å²) in [6, 6.07) is 3.12. The Bertz CT molecular complexity index is 753. The molecule has 1 aromatic carbocycles. The zero-order chi connectivity index (χ0) is 22.2. The number of aromatic hydroxyl groups is 1. The molecule has 0 saturated carbocycles. The molecule has 1 aromatic rings. The molecule has 0 aromatic heterocycles. The molecule has 0 radical (unpaired) electrons. The molecule has 0 aliphatic heterocycles. The highest BCUT2D eigenvalue weighted by molar-refractivity contribution is 7.57. The lowest BCUT2D eigenvalue weighted by atomic mass is 10.1. The average molecular weight is 433 g/mol. The van der Waals surface area contributed by atoms with E-state index in [4.69, 9.17) is 14.0 Å². The standard InChI is InChI=1S/C18H28NO9P/c1-11(2)27-17(22)12(3)19-29(24,10-25-4)28-16-7-6-13(8-14(16)20)9-15(21)18(23)26-5/h6-8,11-12,15,20-21H,9-10H2,1-5H3,(H,19,24)/t12-,15-,29?/m0/s1. The summed E-state index contributed by atoms with van der Waals surface area (Å²) in [7, 11) is -1.28. The van der Waals surface area contributed by atoms with E-state index < -0.39 is 31.6 Å². The molecule has 1 rings (SSSR count). The molecular weight excluding hydrogens is 405 g/mol. The van der Waals surface area contributed by atoms with Gasteiger partial charge in [-0.05, 0) is 38.5 Å². The number of hydrogen-bond donors (Lipinski definition) is 3. The smallest absolute Gasteiger partial charge is 0.342 e. The van der Waals surface area contributed by atoms with Gasteiger partial charge in [-0.25, -0.2) is 9.88 Å². The Morgan fingerprint density at radius 3 is 2.34 bits per heavy atom. The molecule has 0 heterocycles. The highest BCUT2D eigenvalue weighted by Gasteiger charge is 2.31. The summed E-state index contributed by atoms with van der Waals surface area (Å²) in [5, 5.41) is 22.5. The lowest BCUT2D eigenvalue weighted by Gasteiger charge is -2.24. The monoisotopic (exact) mass is 433 g/mol. The molecule has 0 aliphatic carbocycles. The number of esters is 2. The first-order valence-corrected chi connectivity index (χ1v) is 10.7. The van der Waals surface area contributed by atoms with Crippen LogP contribution in [-0.2, 0) is 34.8 Å². The van der Waals surface area contributed by atoms with Crippen LogP contribution in [-0.4, -0.2) is 61.0 Å². The van der Waals surface area contributed by atoms with Gasteiger partial charge < -0.3 is 28.9 Å². The number of methoxy groups -OCH3 is 2. The predicted octanol–water partition coefficient (Wildman–Crippen LogP) is 1.57. The van der Waals surface area contributed by atoms with Gasteiger partial charge in [0, 0.05) is 13.5 Å². The van der Waals surface area contributed by atoms with Gasteiger partial charge in [-0.15, -0.1) is 0 Å². The first-order valence-electron chi connectivity index (χ1n) is 8.85. The van der Waals surface area contributed by atoms with Crippen LogP contribution in [0.3, 0.4) is 0 Å². The third-order valence-electron chi connectivity index (χ3n) is 3.57. The quantitative estimate of drug-likeness (QED) is 0.348. The van der Waals surface area contributed by atoms with E-state index in [-0.39, 0.29) is 30.4 Å². The zero-order valence-electron chi connectivity index (χ0n) is 17.1. The van der Waals surface area contributed by atoms with E-state index in [1.54, 1.807) is 13.8 Å². The lowest BCUT2D eigenvalue weighted by Crippen LogP contribution is -2.36. The number of phenols is 1. The van der Waals surface area contributed by atoms with Gasteiger partial charge in [-0.3, -0.25) is 9.36 Å². The van der Waals surface area contributed by atoms with E-state index >= 15 is 0 Å². The molecule has 3 N–H and O–H groups in total. The molecule has 0 aliphatic rings. The average Bonchev–Trinajstić information content (AvgIpc) is 2.62. The van der Waals surface area contributed by atoms with E-state index in [2.05, 4.69) is 9.82 Å². The Labute approximate surface area is 169 Å². The molecule has 29 heavy (non-hydrogen) atoms. The lowest BCUT2D eigenvalue weighted by molar-refractivity contribution is -0.150. The molecule has 0 spiro atoms. The van der Waals surface area contributed by atoms with Gasteiger partial charge in [0.15, 0.2) is 17.6 Å². The van der Waals surface area contributed by atoms with Gasteiger partial charge in [0.1, 0.15) is 12.4 Å². The Balaban J connectivity index is 2.93. The Morgan fingerprint density at radius 1 is 1.17 bits per heavy atom. The van der Waals surface area contributed by atoms with E-state index in [0.717, 1.165) is 7.11 Å². The highest BCUT2D eigenvalue weighted by atomic mass is 31.2. The minimum absolute atomic E-state index is 0.0907. The Morgan fingerprint density at radius 2 is 1.83 bits per heavy atom. The number of aliphatic hydroxyl groups excluding tert-OH is 1. The number of aliphatic hydroxyl groups is 1. The normalized spacial score (nSPS) is 15.3. The number of rotatable bonds is 11. The second-order valence-electron chi connectivity index (χ2n) is 6.56. The van der Waals surface area contributed by atoms with Crippen molar-refractivity contribution in [2.24, 2.45) is 0 Å². The van der Waals surface area contributed by atoms with Crippen molar-refractivity contribution < 1.29 is 43.1 Å². The summed E-state index contributed by atoms with van der Waals surface area (Å²) < 4.78 is 32.9. The van der Waals surface area contributed by atoms with Crippen molar-refractivity contribution in [1.29, 1.82) is 0 Å². The Kier molecular flexibility index (Phi) is 9.58. The topological polar surface area (TPSA) is 141 Å². The third-order valence-corrected chi connectivity index (χ3v) is 5.44. The molecule has 0 saturated heterocycles. The largest absolute Gasteiger partial charge is 0.504 e. The number of ether oxygens (including phenoxy) is 3. The van der Waals surface area contributed by atoms with Crippen LogP contribution >= 0.6 is 7.52 Å². The number of phenolic OH excluding ortho intramolecular Hbond substituents is 1. The van der Waals surface area contributed by atoms with Gasteiger partial charge in [0.2, 0.25) is 0 Å². The maximum absolute atomic E-state index is 13.0. The molecule has 10 nitrogen and oxygen atoms in total. The van der Waals surface area contributed by atoms with Crippen LogP contribution in [0.4, 0.5) is 0 Å². The van der Waals surface area contributed by atoms with Crippen LogP contribution in [0.5, 0.6) is 11.5 Å². The summed E-state index contributed by atoms with van der Waals surface area (Å²) in [4.78, 5) is 23.3. The minimum Gasteiger partial charge on any atom is -0.504 e. The van der Waals surface area contributed by atoms with E-state index in [1.807, 2.05) is 0 Å². The number of hydrogen-bond acceptors (Lipinski definition) is 9. The van der Waals surface area contributed by atoms with Crippen molar-refractivity contribution in [3.63, 3.8) is 0 Å². The van der Waals surface area contributed by atoms with E-state index in [0.29, 0.717) is 5.56 Å². The van der Waals surface area contributed by atoms with Crippen LogP contribution in [0, 0.1) is 0 Å². The van der Waals surface area contributed by atoms with Gasteiger partial charge in [-0.2, -0.15) is 0 Å². The third kappa shape index (κ3) is 8.02. The van der Waals surface area contributed by atoms with Crippen LogP contribution in [0.2, 0.25) is 0 Å².